The van der Waals surface area contributed by atoms with Gasteiger partial charge in [0.25, 0.3) is 0 Å². The summed E-state index contributed by atoms with van der Waals surface area (Å²) in [7, 11) is 5.88. The molecule has 1 aromatic carbocycles. The second-order valence-electron chi connectivity index (χ2n) is 5.21. The summed E-state index contributed by atoms with van der Waals surface area (Å²) in [6, 6.07) is 14.5. The third kappa shape index (κ3) is 4.55. The van der Waals surface area contributed by atoms with Gasteiger partial charge in [0.15, 0.2) is 0 Å². The molecule has 21 heavy (non-hydrogen) atoms. The minimum absolute atomic E-state index is 0.295. The van der Waals surface area contributed by atoms with Crippen LogP contribution >= 0.6 is 0 Å². The number of hydrogen-bond acceptors (Lipinski definition) is 4. The Morgan fingerprint density at radius 1 is 1.19 bits per heavy atom. The van der Waals surface area contributed by atoms with E-state index in [0.717, 1.165) is 24.5 Å². The lowest BCUT2D eigenvalue weighted by Gasteiger charge is -2.25. The number of nitrogens with zero attached hydrogens (tertiary/aromatic N) is 2. The van der Waals surface area contributed by atoms with E-state index in [1.807, 2.05) is 36.5 Å². The van der Waals surface area contributed by atoms with Crippen LogP contribution in [0.25, 0.3) is 0 Å². The number of likely N-dealkylation sites (N-methyl/N-ethyl adjacent to an activating group) is 1. The lowest BCUT2D eigenvalue weighted by atomic mass is 10.1. The predicted molar refractivity (Wildman–Crippen MR) is 85.4 cm³/mol. The van der Waals surface area contributed by atoms with E-state index in [0.29, 0.717) is 6.04 Å². The van der Waals surface area contributed by atoms with Crippen molar-refractivity contribution in [2.45, 2.75) is 12.6 Å². The van der Waals surface area contributed by atoms with E-state index >= 15 is 0 Å². The highest BCUT2D eigenvalue weighted by molar-refractivity contribution is 5.30. The number of rotatable bonds is 7. The van der Waals surface area contributed by atoms with E-state index in [-0.39, 0.29) is 0 Å². The van der Waals surface area contributed by atoms with Crippen molar-refractivity contribution in [1.29, 1.82) is 0 Å². The number of benzene rings is 1. The van der Waals surface area contributed by atoms with Crippen LogP contribution in [0.4, 0.5) is 0 Å². The van der Waals surface area contributed by atoms with Crippen molar-refractivity contribution >= 4 is 0 Å². The largest absolute Gasteiger partial charge is 0.497 e. The minimum atomic E-state index is 0.295. The monoisotopic (exact) mass is 285 g/mol. The summed E-state index contributed by atoms with van der Waals surface area (Å²) < 4.78 is 5.31. The van der Waals surface area contributed by atoms with Crippen molar-refractivity contribution in [3.05, 3.63) is 59.9 Å². The van der Waals surface area contributed by atoms with Crippen molar-refractivity contribution in [3.63, 3.8) is 0 Å². The molecular weight excluding hydrogens is 262 g/mol. The van der Waals surface area contributed by atoms with Crippen molar-refractivity contribution in [2.24, 2.45) is 0 Å². The molecular formula is C17H23N3O. The first-order chi connectivity index (χ1) is 10.2. The number of nitrogens with one attached hydrogen (secondary N) is 1. The molecule has 0 amide bonds. The smallest absolute Gasteiger partial charge is 0.119 e. The van der Waals surface area contributed by atoms with Crippen LogP contribution < -0.4 is 10.1 Å². The van der Waals surface area contributed by atoms with Crippen LogP contribution in [-0.4, -0.2) is 37.6 Å². The molecule has 2 aromatic rings. The minimum Gasteiger partial charge on any atom is -0.497 e. The molecule has 1 heterocycles. The number of hydrogen-bond donors (Lipinski definition) is 1. The van der Waals surface area contributed by atoms with E-state index in [1.54, 1.807) is 7.11 Å². The molecule has 0 aliphatic rings. The first kappa shape index (κ1) is 15.5. The SMILES string of the molecule is COc1cccc(C(CNCc2ccccn2)N(C)C)c1. The van der Waals surface area contributed by atoms with Crippen molar-refractivity contribution in [2.75, 3.05) is 27.7 Å². The molecule has 0 saturated carbocycles. The zero-order valence-electron chi connectivity index (χ0n) is 12.9. The van der Waals surface area contributed by atoms with Gasteiger partial charge in [-0.25, -0.2) is 0 Å². The molecule has 0 bridgehead atoms. The van der Waals surface area contributed by atoms with Crippen LogP contribution in [0, 0.1) is 0 Å². The van der Waals surface area contributed by atoms with Crippen molar-refractivity contribution < 1.29 is 4.74 Å². The van der Waals surface area contributed by atoms with E-state index in [2.05, 4.69) is 41.4 Å². The molecule has 4 heteroatoms. The van der Waals surface area contributed by atoms with Gasteiger partial charge in [-0.15, -0.1) is 0 Å². The number of aromatic nitrogens is 1. The van der Waals surface area contributed by atoms with Gasteiger partial charge in [0, 0.05) is 25.3 Å². The number of pyridine rings is 1. The van der Waals surface area contributed by atoms with Gasteiger partial charge in [-0.1, -0.05) is 18.2 Å². The van der Waals surface area contributed by atoms with Crippen LogP contribution in [0.1, 0.15) is 17.3 Å². The highest BCUT2D eigenvalue weighted by atomic mass is 16.5. The third-order valence-electron chi connectivity index (χ3n) is 3.47. The zero-order valence-corrected chi connectivity index (χ0v) is 12.9. The first-order valence-electron chi connectivity index (χ1n) is 7.11. The molecule has 0 aliphatic heterocycles. The second-order valence-corrected chi connectivity index (χ2v) is 5.21. The van der Waals surface area contributed by atoms with Crippen LogP contribution in [0.15, 0.2) is 48.7 Å². The second kappa shape index (κ2) is 7.76. The van der Waals surface area contributed by atoms with Gasteiger partial charge in [0.1, 0.15) is 5.75 Å². The lowest BCUT2D eigenvalue weighted by molar-refractivity contribution is 0.287. The van der Waals surface area contributed by atoms with Gasteiger partial charge in [-0.05, 0) is 43.9 Å². The van der Waals surface area contributed by atoms with E-state index in [9.17, 15) is 0 Å². The topological polar surface area (TPSA) is 37.4 Å². The van der Waals surface area contributed by atoms with Gasteiger partial charge >= 0.3 is 0 Å². The summed E-state index contributed by atoms with van der Waals surface area (Å²) >= 11 is 0. The maximum absolute atomic E-state index is 5.31. The molecule has 0 saturated heterocycles. The summed E-state index contributed by atoms with van der Waals surface area (Å²) in [6.45, 7) is 1.63. The fourth-order valence-corrected chi connectivity index (χ4v) is 2.29. The summed E-state index contributed by atoms with van der Waals surface area (Å²) in [5, 5.41) is 3.47. The van der Waals surface area contributed by atoms with Crippen molar-refractivity contribution in [3.8, 4) is 5.75 Å². The van der Waals surface area contributed by atoms with Gasteiger partial charge < -0.3 is 15.0 Å². The summed E-state index contributed by atoms with van der Waals surface area (Å²) in [5.74, 6) is 0.893. The maximum atomic E-state index is 5.31. The molecule has 1 unspecified atom stereocenters. The summed E-state index contributed by atoms with van der Waals surface area (Å²) in [5.41, 5.74) is 2.30. The van der Waals surface area contributed by atoms with Gasteiger partial charge in [-0.2, -0.15) is 0 Å². The molecule has 1 aromatic heterocycles. The summed E-state index contributed by atoms with van der Waals surface area (Å²) in [6.07, 6.45) is 1.82. The average molecular weight is 285 g/mol. The zero-order chi connectivity index (χ0) is 15.1. The Hall–Kier alpha value is -1.91. The van der Waals surface area contributed by atoms with Crippen LogP contribution in [-0.2, 0) is 6.54 Å². The number of ether oxygens (including phenoxy) is 1. The molecule has 0 fully saturated rings. The molecule has 0 radical (unpaired) electrons. The standard InChI is InChI=1S/C17H23N3O/c1-20(2)17(14-7-6-9-16(11-14)21-3)13-18-12-15-8-4-5-10-19-15/h4-11,17-18H,12-13H2,1-3H3. The van der Waals surface area contributed by atoms with Gasteiger partial charge in [-0.3, -0.25) is 4.98 Å². The van der Waals surface area contributed by atoms with Gasteiger partial charge in [0.2, 0.25) is 0 Å². The highest BCUT2D eigenvalue weighted by Gasteiger charge is 2.14. The third-order valence-corrected chi connectivity index (χ3v) is 3.47. The fourth-order valence-electron chi connectivity index (χ4n) is 2.29. The molecule has 1 atom stereocenters. The molecule has 2 rings (SSSR count). The fraction of sp³-hybridized carbons (Fsp3) is 0.353. The summed E-state index contributed by atoms with van der Waals surface area (Å²) in [4.78, 5) is 6.53. The molecule has 0 aliphatic carbocycles. The average Bonchev–Trinajstić information content (AvgIpc) is 2.52. The normalized spacial score (nSPS) is 12.4. The van der Waals surface area contributed by atoms with E-state index in [1.165, 1.54) is 5.56 Å². The molecule has 112 valence electrons. The number of methoxy groups -OCH3 is 1. The first-order valence-corrected chi connectivity index (χ1v) is 7.11. The van der Waals surface area contributed by atoms with Gasteiger partial charge in [0.05, 0.1) is 12.8 Å². The Morgan fingerprint density at radius 2 is 2.05 bits per heavy atom. The maximum Gasteiger partial charge on any atom is 0.119 e. The lowest BCUT2D eigenvalue weighted by Crippen LogP contribution is -2.31. The Morgan fingerprint density at radius 3 is 2.71 bits per heavy atom. The molecule has 4 nitrogen and oxygen atoms in total. The molecule has 0 spiro atoms. The quantitative estimate of drug-likeness (QED) is 0.848. The van der Waals surface area contributed by atoms with Crippen LogP contribution in [0.5, 0.6) is 5.75 Å². The van der Waals surface area contributed by atoms with Crippen LogP contribution in [0.3, 0.4) is 0 Å². The Bertz CT molecular complexity index is 543. The van der Waals surface area contributed by atoms with Crippen LogP contribution in [0.2, 0.25) is 0 Å². The Balaban J connectivity index is 1.99. The predicted octanol–water partition coefficient (Wildman–Crippen LogP) is 2.48. The van der Waals surface area contributed by atoms with E-state index < -0.39 is 0 Å². The Kier molecular flexibility index (Phi) is 5.72. The highest BCUT2D eigenvalue weighted by Crippen LogP contribution is 2.22. The Labute approximate surface area is 126 Å². The van der Waals surface area contributed by atoms with E-state index in [4.69, 9.17) is 4.74 Å². The van der Waals surface area contributed by atoms with Crippen molar-refractivity contribution in [1.82, 2.24) is 15.2 Å². The molecule has 1 N–H and O–H groups in total.